The molecule has 0 saturated carbocycles. The molecule has 3 aromatic rings. The highest BCUT2D eigenvalue weighted by atomic mass is 79.9. The fraction of sp³-hybridized carbons (Fsp3) is 0.0667. The van der Waals surface area contributed by atoms with Crippen LogP contribution in [0.4, 0.5) is 0 Å². The van der Waals surface area contributed by atoms with Gasteiger partial charge in [0.1, 0.15) is 21.9 Å². The molecule has 1 heterocycles. The zero-order valence-corrected chi connectivity index (χ0v) is 11.9. The molecule has 0 spiro atoms. The second-order valence-corrected chi connectivity index (χ2v) is 4.91. The lowest BCUT2D eigenvalue weighted by atomic mass is 10.2. The lowest BCUT2D eigenvalue weighted by Gasteiger charge is -2.07. The summed E-state index contributed by atoms with van der Waals surface area (Å²) in [5.74, 6) is 2.33. The van der Waals surface area contributed by atoms with Crippen molar-refractivity contribution in [2.75, 3.05) is 0 Å². The van der Waals surface area contributed by atoms with Crippen molar-refractivity contribution in [3.63, 3.8) is 0 Å². The molecular weight excluding hydrogens is 304 g/mol. The minimum absolute atomic E-state index is 0.746. The quantitative estimate of drug-likeness (QED) is 0.653. The second-order valence-electron chi connectivity index (χ2n) is 4.16. The number of hydrogen-bond acceptors (Lipinski definition) is 3. The molecule has 0 fully saturated rings. The summed E-state index contributed by atoms with van der Waals surface area (Å²) in [5, 5.41) is 0.944. The van der Waals surface area contributed by atoms with Gasteiger partial charge < -0.3 is 4.74 Å². The molecule has 19 heavy (non-hydrogen) atoms. The summed E-state index contributed by atoms with van der Waals surface area (Å²) in [7, 11) is 0. The Hall–Kier alpha value is -1.94. The molecule has 2 aromatic carbocycles. The maximum atomic E-state index is 5.80. The van der Waals surface area contributed by atoms with Crippen LogP contribution in [0.1, 0.15) is 5.82 Å². The van der Waals surface area contributed by atoms with Crippen molar-refractivity contribution in [2.24, 2.45) is 0 Å². The first kappa shape index (κ1) is 12.1. The van der Waals surface area contributed by atoms with E-state index in [1.165, 1.54) is 0 Å². The molecule has 0 aliphatic heterocycles. The fourth-order valence-electron chi connectivity index (χ4n) is 1.87. The molecule has 3 nitrogen and oxygen atoms in total. The van der Waals surface area contributed by atoms with E-state index in [0.717, 1.165) is 32.8 Å². The molecule has 94 valence electrons. The SMILES string of the molecule is Cc1nc(Br)c2cc(Oc3ccccc3)ccc2n1. The summed E-state index contributed by atoms with van der Waals surface area (Å²) in [6.45, 7) is 1.87. The van der Waals surface area contributed by atoms with Gasteiger partial charge in [-0.05, 0) is 53.2 Å². The van der Waals surface area contributed by atoms with Gasteiger partial charge in [-0.25, -0.2) is 9.97 Å². The molecule has 4 heteroatoms. The van der Waals surface area contributed by atoms with Crippen LogP contribution >= 0.6 is 15.9 Å². The molecule has 0 amide bonds. The molecule has 0 bridgehead atoms. The Morgan fingerprint density at radius 1 is 0.947 bits per heavy atom. The molecule has 0 saturated heterocycles. The van der Waals surface area contributed by atoms with Crippen molar-refractivity contribution in [3.05, 3.63) is 59.0 Å². The Morgan fingerprint density at radius 2 is 1.74 bits per heavy atom. The van der Waals surface area contributed by atoms with Crippen LogP contribution in [0.3, 0.4) is 0 Å². The highest BCUT2D eigenvalue weighted by Gasteiger charge is 2.05. The van der Waals surface area contributed by atoms with E-state index < -0.39 is 0 Å². The maximum Gasteiger partial charge on any atom is 0.128 e. The van der Waals surface area contributed by atoms with Crippen molar-refractivity contribution < 1.29 is 4.74 Å². The Bertz CT molecular complexity index is 729. The van der Waals surface area contributed by atoms with Crippen molar-refractivity contribution >= 4 is 26.8 Å². The van der Waals surface area contributed by atoms with Crippen LogP contribution in [0.2, 0.25) is 0 Å². The average molecular weight is 315 g/mol. The van der Waals surface area contributed by atoms with E-state index in [4.69, 9.17) is 4.74 Å². The standard InChI is InChI=1S/C15H11BrN2O/c1-10-17-14-8-7-12(9-13(14)15(16)18-10)19-11-5-3-2-4-6-11/h2-9H,1H3. The van der Waals surface area contributed by atoms with Crippen molar-refractivity contribution in [1.29, 1.82) is 0 Å². The number of fused-ring (bicyclic) bond motifs is 1. The normalized spacial score (nSPS) is 10.6. The minimum Gasteiger partial charge on any atom is -0.457 e. The highest BCUT2D eigenvalue weighted by molar-refractivity contribution is 9.10. The third kappa shape index (κ3) is 2.58. The van der Waals surface area contributed by atoms with Gasteiger partial charge in [-0.15, -0.1) is 0 Å². The zero-order chi connectivity index (χ0) is 13.2. The van der Waals surface area contributed by atoms with E-state index in [0.29, 0.717) is 0 Å². The van der Waals surface area contributed by atoms with E-state index in [1.54, 1.807) is 0 Å². The number of benzene rings is 2. The first-order valence-corrected chi connectivity index (χ1v) is 6.68. The van der Waals surface area contributed by atoms with Crippen LogP contribution in [-0.2, 0) is 0 Å². The Kier molecular flexibility index (Phi) is 3.17. The van der Waals surface area contributed by atoms with Gasteiger partial charge in [-0.3, -0.25) is 0 Å². The molecule has 1 aromatic heterocycles. The number of halogens is 1. The molecular formula is C15H11BrN2O. The number of nitrogens with zero attached hydrogens (tertiary/aromatic N) is 2. The molecule has 3 rings (SSSR count). The van der Waals surface area contributed by atoms with Gasteiger partial charge in [0.2, 0.25) is 0 Å². The molecule has 0 radical (unpaired) electrons. The average Bonchev–Trinajstić information content (AvgIpc) is 2.40. The maximum absolute atomic E-state index is 5.80. The number of hydrogen-bond donors (Lipinski definition) is 0. The van der Waals surface area contributed by atoms with Crippen LogP contribution in [-0.4, -0.2) is 9.97 Å². The van der Waals surface area contributed by atoms with Gasteiger partial charge in [-0.1, -0.05) is 18.2 Å². The third-order valence-corrected chi connectivity index (χ3v) is 3.32. The Balaban J connectivity index is 2.02. The number of aryl methyl sites for hydroxylation is 1. The van der Waals surface area contributed by atoms with E-state index >= 15 is 0 Å². The van der Waals surface area contributed by atoms with E-state index in [1.807, 2.05) is 55.5 Å². The van der Waals surface area contributed by atoms with Crippen LogP contribution in [0.25, 0.3) is 10.9 Å². The Morgan fingerprint density at radius 3 is 2.53 bits per heavy atom. The van der Waals surface area contributed by atoms with Crippen molar-refractivity contribution in [1.82, 2.24) is 9.97 Å². The van der Waals surface area contributed by atoms with Gasteiger partial charge in [0.25, 0.3) is 0 Å². The molecule has 0 N–H and O–H groups in total. The number of para-hydroxylation sites is 1. The Labute approximate surface area is 119 Å². The monoisotopic (exact) mass is 314 g/mol. The van der Waals surface area contributed by atoms with Crippen LogP contribution < -0.4 is 4.74 Å². The molecule has 0 aliphatic rings. The summed E-state index contributed by atoms with van der Waals surface area (Å²) in [6, 6.07) is 15.5. The summed E-state index contributed by atoms with van der Waals surface area (Å²) >= 11 is 3.46. The largest absolute Gasteiger partial charge is 0.457 e. The van der Waals surface area contributed by atoms with Crippen LogP contribution in [0, 0.1) is 6.92 Å². The van der Waals surface area contributed by atoms with Crippen LogP contribution in [0.5, 0.6) is 11.5 Å². The summed E-state index contributed by atoms with van der Waals surface area (Å²) in [4.78, 5) is 8.69. The van der Waals surface area contributed by atoms with Gasteiger partial charge in [-0.2, -0.15) is 0 Å². The van der Waals surface area contributed by atoms with E-state index in [9.17, 15) is 0 Å². The van der Waals surface area contributed by atoms with E-state index in [-0.39, 0.29) is 0 Å². The van der Waals surface area contributed by atoms with Gasteiger partial charge >= 0.3 is 0 Å². The van der Waals surface area contributed by atoms with Gasteiger partial charge in [0, 0.05) is 5.39 Å². The van der Waals surface area contributed by atoms with Crippen molar-refractivity contribution in [3.8, 4) is 11.5 Å². The minimum atomic E-state index is 0.746. The number of ether oxygens (including phenoxy) is 1. The summed E-state index contributed by atoms with van der Waals surface area (Å²) in [6.07, 6.45) is 0. The number of aromatic nitrogens is 2. The number of rotatable bonds is 2. The van der Waals surface area contributed by atoms with Gasteiger partial charge in [0.05, 0.1) is 5.52 Å². The third-order valence-electron chi connectivity index (χ3n) is 2.71. The molecule has 0 atom stereocenters. The lowest BCUT2D eigenvalue weighted by Crippen LogP contribution is -1.91. The first-order chi connectivity index (χ1) is 9.22. The highest BCUT2D eigenvalue weighted by Crippen LogP contribution is 2.28. The van der Waals surface area contributed by atoms with Crippen LogP contribution in [0.15, 0.2) is 53.1 Å². The molecule has 0 aliphatic carbocycles. The van der Waals surface area contributed by atoms with E-state index in [2.05, 4.69) is 25.9 Å². The first-order valence-electron chi connectivity index (χ1n) is 5.89. The second kappa shape index (κ2) is 4.97. The predicted octanol–water partition coefficient (Wildman–Crippen LogP) is 4.49. The topological polar surface area (TPSA) is 35.0 Å². The summed E-state index contributed by atoms with van der Waals surface area (Å²) < 4.78 is 6.58. The van der Waals surface area contributed by atoms with Gasteiger partial charge in [0.15, 0.2) is 0 Å². The summed E-state index contributed by atoms with van der Waals surface area (Å²) in [5.41, 5.74) is 0.903. The zero-order valence-electron chi connectivity index (χ0n) is 10.3. The fourth-order valence-corrected chi connectivity index (χ4v) is 2.44. The molecule has 0 unspecified atom stereocenters. The lowest BCUT2D eigenvalue weighted by molar-refractivity contribution is 0.483. The van der Waals surface area contributed by atoms with Crippen molar-refractivity contribution in [2.45, 2.75) is 6.92 Å². The smallest absolute Gasteiger partial charge is 0.128 e. The predicted molar refractivity (Wildman–Crippen MR) is 78.5 cm³/mol.